The van der Waals surface area contributed by atoms with Gasteiger partial charge in [-0.2, -0.15) is 0 Å². The van der Waals surface area contributed by atoms with Crippen molar-refractivity contribution in [3.05, 3.63) is 68.8 Å². The molecule has 1 fully saturated rings. The number of aliphatic hydroxyl groups is 1. The van der Waals surface area contributed by atoms with E-state index in [1.807, 2.05) is 38.1 Å². The molecular weight excluding hydrogens is 581 g/mol. The zero-order chi connectivity index (χ0) is 26.2. The quantitative estimate of drug-likeness (QED) is 0.339. The number of aliphatic hydroxyl groups excluding tert-OH is 1. The van der Waals surface area contributed by atoms with Gasteiger partial charge in [0.15, 0.2) is 0 Å². The summed E-state index contributed by atoms with van der Waals surface area (Å²) >= 11 is 2.23. The molecule has 0 radical (unpaired) electrons. The molecule has 36 heavy (non-hydrogen) atoms. The van der Waals surface area contributed by atoms with E-state index in [1.165, 1.54) is 12.1 Å². The van der Waals surface area contributed by atoms with Gasteiger partial charge in [-0.25, -0.2) is 8.78 Å². The van der Waals surface area contributed by atoms with Crippen LogP contribution in [0.1, 0.15) is 25.0 Å². The molecule has 1 aliphatic heterocycles. The van der Waals surface area contributed by atoms with Gasteiger partial charge in [0.2, 0.25) is 11.8 Å². The molecule has 0 aliphatic carbocycles. The maximum absolute atomic E-state index is 13.8. The van der Waals surface area contributed by atoms with Crippen LogP contribution in [-0.2, 0) is 22.6 Å². The van der Waals surface area contributed by atoms with Gasteiger partial charge in [0.25, 0.3) is 0 Å². The minimum Gasteiger partial charge on any atom is -0.390 e. The molecule has 0 spiro atoms. The fraction of sp³-hybridized carbons (Fsp3) is 0.462. The van der Waals surface area contributed by atoms with E-state index in [4.69, 9.17) is 0 Å². The predicted molar refractivity (Wildman–Crippen MR) is 142 cm³/mol. The van der Waals surface area contributed by atoms with Crippen LogP contribution in [0.3, 0.4) is 0 Å². The Kier molecular flexibility index (Phi) is 10.6. The van der Waals surface area contributed by atoms with Crippen LogP contribution in [0.15, 0.2) is 42.5 Å². The van der Waals surface area contributed by atoms with Gasteiger partial charge < -0.3 is 20.6 Å². The normalized spacial score (nSPS) is 18.2. The second kappa shape index (κ2) is 13.4. The Morgan fingerprint density at radius 2 is 1.92 bits per heavy atom. The van der Waals surface area contributed by atoms with E-state index < -0.39 is 23.8 Å². The van der Waals surface area contributed by atoms with Crippen molar-refractivity contribution in [1.82, 2.24) is 20.4 Å². The number of hydrogen-bond donors (Lipinski definition) is 3. The third-order valence-corrected chi connectivity index (χ3v) is 6.87. The Morgan fingerprint density at radius 3 is 2.56 bits per heavy atom. The van der Waals surface area contributed by atoms with Gasteiger partial charge in [0.05, 0.1) is 25.2 Å². The summed E-state index contributed by atoms with van der Waals surface area (Å²) in [5.41, 5.74) is 1.38. The van der Waals surface area contributed by atoms with Gasteiger partial charge in [-0.05, 0) is 78.3 Å². The molecular formula is C26H33F2IN4O3. The zero-order valence-electron chi connectivity index (χ0n) is 20.5. The molecule has 0 saturated carbocycles. The first-order chi connectivity index (χ1) is 17.1. The molecule has 2 aromatic rings. The second-order valence-electron chi connectivity index (χ2n) is 9.18. The first kappa shape index (κ1) is 28.4. The van der Waals surface area contributed by atoms with Crippen LogP contribution in [0, 0.1) is 15.2 Å². The van der Waals surface area contributed by atoms with Crippen LogP contribution in [0.2, 0.25) is 0 Å². The molecule has 1 heterocycles. The van der Waals surface area contributed by atoms with Crippen LogP contribution in [0.25, 0.3) is 0 Å². The van der Waals surface area contributed by atoms with Gasteiger partial charge in [0.1, 0.15) is 11.6 Å². The number of carbonyl (C=O) groups is 2. The third kappa shape index (κ3) is 8.46. The lowest BCUT2D eigenvalue weighted by atomic mass is 10.0. The lowest BCUT2D eigenvalue weighted by Gasteiger charge is -2.38. The van der Waals surface area contributed by atoms with E-state index in [-0.39, 0.29) is 43.9 Å². The van der Waals surface area contributed by atoms with Crippen LogP contribution in [0.4, 0.5) is 8.78 Å². The van der Waals surface area contributed by atoms with Crippen molar-refractivity contribution < 1.29 is 23.5 Å². The Morgan fingerprint density at radius 1 is 1.19 bits per heavy atom. The van der Waals surface area contributed by atoms with Crippen LogP contribution >= 0.6 is 22.6 Å². The van der Waals surface area contributed by atoms with E-state index in [9.17, 15) is 23.5 Å². The molecule has 1 saturated heterocycles. The van der Waals surface area contributed by atoms with Crippen molar-refractivity contribution in [3.63, 3.8) is 0 Å². The summed E-state index contributed by atoms with van der Waals surface area (Å²) in [6, 6.07) is 10.3. The minimum atomic E-state index is -1.01. The summed E-state index contributed by atoms with van der Waals surface area (Å²) in [4.78, 5) is 28.8. The molecule has 196 valence electrons. The molecule has 10 heteroatoms. The molecule has 0 unspecified atom stereocenters. The fourth-order valence-electron chi connectivity index (χ4n) is 4.55. The lowest BCUT2D eigenvalue weighted by molar-refractivity contribution is -0.140. The van der Waals surface area contributed by atoms with E-state index >= 15 is 0 Å². The Bertz CT molecular complexity index is 1040. The average Bonchev–Trinajstić information content (AvgIpc) is 2.77. The molecule has 1 aliphatic rings. The number of rotatable bonds is 11. The van der Waals surface area contributed by atoms with Crippen molar-refractivity contribution in [2.24, 2.45) is 0 Å². The highest BCUT2D eigenvalue weighted by Crippen LogP contribution is 2.14. The highest BCUT2D eigenvalue weighted by Gasteiger charge is 2.30. The summed E-state index contributed by atoms with van der Waals surface area (Å²) in [5.74, 6) is -1.83. The number of carbonyl (C=O) groups excluding carboxylic acids is 2. The topological polar surface area (TPSA) is 84.9 Å². The number of halogens is 3. The Labute approximate surface area is 224 Å². The first-order valence-corrected chi connectivity index (χ1v) is 13.1. The third-order valence-electron chi connectivity index (χ3n) is 6.20. The molecule has 0 aromatic heterocycles. The Balaban J connectivity index is 1.64. The van der Waals surface area contributed by atoms with Crippen LogP contribution in [-0.4, -0.2) is 77.6 Å². The monoisotopic (exact) mass is 614 g/mol. The summed E-state index contributed by atoms with van der Waals surface area (Å²) in [7, 11) is 0. The van der Waals surface area contributed by atoms with Gasteiger partial charge in [-0.3, -0.25) is 14.5 Å². The smallest absolute Gasteiger partial charge is 0.237 e. The van der Waals surface area contributed by atoms with Crippen molar-refractivity contribution in [1.29, 1.82) is 0 Å². The van der Waals surface area contributed by atoms with Crippen molar-refractivity contribution >= 4 is 34.4 Å². The summed E-state index contributed by atoms with van der Waals surface area (Å²) in [6.07, 6.45) is -0.966. The molecule has 3 rings (SSSR count). The second-order valence-corrected chi connectivity index (χ2v) is 10.4. The minimum absolute atomic E-state index is 0.00838. The maximum atomic E-state index is 13.8. The SMILES string of the molecule is CCN1C(=O)CN(CC(=O)N[C@@H](Cc2cc(F)cc(F)c2)[C@H](O)CNCc2cccc(I)c2)C[C@H]1C. The fourth-order valence-corrected chi connectivity index (χ4v) is 5.16. The van der Waals surface area contributed by atoms with Gasteiger partial charge in [-0.1, -0.05) is 12.1 Å². The van der Waals surface area contributed by atoms with Crippen molar-refractivity contribution in [2.75, 3.05) is 32.7 Å². The predicted octanol–water partition coefficient (Wildman–Crippen LogP) is 2.30. The average molecular weight is 614 g/mol. The number of piperazine rings is 1. The summed E-state index contributed by atoms with van der Waals surface area (Å²) in [6.45, 7) is 5.86. The molecule has 2 amide bonds. The van der Waals surface area contributed by atoms with E-state index in [1.54, 1.807) is 9.80 Å². The van der Waals surface area contributed by atoms with Crippen molar-refractivity contribution in [3.8, 4) is 0 Å². The standard InChI is InChI=1S/C26H33F2IN4O3/c1-3-33-17(2)14-32(16-26(33)36)15-25(35)31-23(10-19-7-20(27)11-21(28)8-19)24(34)13-30-12-18-5-4-6-22(29)9-18/h4-9,11,17,23-24,30,34H,3,10,12-16H2,1-2H3,(H,31,35)/t17-,23+,24-/m1/s1. The van der Waals surface area contributed by atoms with Gasteiger partial charge in [0, 0.05) is 41.9 Å². The molecule has 3 atom stereocenters. The number of nitrogens with zero attached hydrogens (tertiary/aromatic N) is 2. The molecule has 2 aromatic carbocycles. The molecule has 3 N–H and O–H groups in total. The number of hydrogen-bond acceptors (Lipinski definition) is 5. The van der Waals surface area contributed by atoms with Crippen molar-refractivity contribution in [2.45, 2.75) is 45.0 Å². The van der Waals surface area contributed by atoms with E-state index in [0.717, 1.165) is 15.2 Å². The molecule has 7 nitrogen and oxygen atoms in total. The largest absolute Gasteiger partial charge is 0.390 e. The number of benzene rings is 2. The number of likely N-dealkylation sites (N-methyl/N-ethyl adjacent to an activating group) is 1. The van der Waals surface area contributed by atoms with Gasteiger partial charge >= 0.3 is 0 Å². The maximum Gasteiger partial charge on any atom is 0.237 e. The van der Waals surface area contributed by atoms with Gasteiger partial charge in [-0.15, -0.1) is 0 Å². The van der Waals surface area contributed by atoms with Crippen LogP contribution in [0.5, 0.6) is 0 Å². The van der Waals surface area contributed by atoms with E-state index in [2.05, 4.69) is 33.2 Å². The van der Waals surface area contributed by atoms with Crippen LogP contribution < -0.4 is 10.6 Å². The number of nitrogens with one attached hydrogen (secondary N) is 2. The van der Waals surface area contributed by atoms with E-state index in [0.29, 0.717) is 25.2 Å². The summed E-state index contributed by atoms with van der Waals surface area (Å²) in [5, 5.41) is 16.9. The zero-order valence-corrected chi connectivity index (χ0v) is 22.7. The first-order valence-electron chi connectivity index (χ1n) is 12.0. The summed E-state index contributed by atoms with van der Waals surface area (Å²) < 4.78 is 28.6. The highest BCUT2D eigenvalue weighted by atomic mass is 127. The number of amides is 2. The molecule has 0 bridgehead atoms. The lowest BCUT2D eigenvalue weighted by Crippen LogP contribution is -2.58. The Hall–Kier alpha value is -2.15. The highest BCUT2D eigenvalue weighted by molar-refractivity contribution is 14.1.